The summed E-state index contributed by atoms with van der Waals surface area (Å²) in [4.78, 5) is 11.3. The van der Waals surface area contributed by atoms with Gasteiger partial charge in [-0.3, -0.25) is 10.1 Å². The second kappa shape index (κ2) is 4.07. The van der Waals surface area contributed by atoms with Crippen LogP contribution < -0.4 is 5.32 Å². The zero-order valence-corrected chi connectivity index (χ0v) is 8.06. The van der Waals surface area contributed by atoms with E-state index in [1.165, 1.54) is 7.11 Å². The number of hydrogen-bond acceptors (Lipinski definition) is 3. The number of esters is 1. The fraction of sp³-hybridized carbons (Fsp3) is 0.857. The van der Waals surface area contributed by atoms with Crippen molar-refractivity contribution in [1.29, 1.82) is 0 Å². The van der Waals surface area contributed by atoms with Crippen molar-refractivity contribution in [3.05, 3.63) is 0 Å². The van der Waals surface area contributed by atoms with Crippen LogP contribution in [0.4, 0.5) is 0 Å². The third kappa shape index (κ3) is 2.45. The molecule has 0 radical (unpaired) electrons. The van der Waals surface area contributed by atoms with Gasteiger partial charge < -0.3 is 4.74 Å². The topological polar surface area (TPSA) is 38.3 Å². The van der Waals surface area contributed by atoms with Crippen LogP contribution in [-0.4, -0.2) is 24.1 Å². The lowest BCUT2D eigenvalue weighted by molar-refractivity contribution is -0.143. The molecule has 1 heterocycles. The fourth-order valence-corrected chi connectivity index (χ4v) is 1.86. The molecule has 1 saturated heterocycles. The molecule has 1 rings (SSSR count). The van der Waals surface area contributed by atoms with E-state index in [-0.39, 0.29) is 17.0 Å². The number of carbonyl (C=O) groups is 1. The molecular weight excluding hydrogens is 210 g/mol. The molecule has 1 aliphatic rings. The van der Waals surface area contributed by atoms with Crippen molar-refractivity contribution < 1.29 is 9.53 Å². The fourth-order valence-electron chi connectivity index (χ4n) is 1.21. The lowest BCUT2D eigenvalue weighted by atomic mass is 10.1. The van der Waals surface area contributed by atoms with Crippen LogP contribution in [0.3, 0.4) is 0 Å². The zero-order valence-electron chi connectivity index (χ0n) is 6.47. The number of alkyl halides is 1. The summed E-state index contributed by atoms with van der Waals surface area (Å²) in [6.07, 6.45) is 3.03. The number of hydrogen-bond donors (Lipinski definition) is 1. The zero-order chi connectivity index (χ0) is 8.27. The van der Waals surface area contributed by atoms with E-state index in [1.807, 2.05) is 0 Å². The van der Waals surface area contributed by atoms with Gasteiger partial charge in [-0.1, -0.05) is 15.9 Å². The van der Waals surface area contributed by atoms with Crippen LogP contribution in [0.1, 0.15) is 19.3 Å². The SMILES string of the molecule is COC(=O)C1CCCC(Br)N1. The Hall–Kier alpha value is -0.0900. The molecule has 0 aliphatic carbocycles. The highest BCUT2D eigenvalue weighted by Gasteiger charge is 2.25. The lowest BCUT2D eigenvalue weighted by Gasteiger charge is -2.25. The largest absolute Gasteiger partial charge is 0.468 e. The summed E-state index contributed by atoms with van der Waals surface area (Å²) >= 11 is 3.41. The Morgan fingerprint density at radius 2 is 2.36 bits per heavy atom. The summed E-state index contributed by atoms with van der Waals surface area (Å²) in [7, 11) is 1.42. The van der Waals surface area contributed by atoms with Crippen molar-refractivity contribution in [2.45, 2.75) is 30.3 Å². The van der Waals surface area contributed by atoms with Crippen molar-refractivity contribution in [3.63, 3.8) is 0 Å². The van der Waals surface area contributed by atoms with Crippen molar-refractivity contribution in [3.8, 4) is 0 Å². The average molecular weight is 222 g/mol. The van der Waals surface area contributed by atoms with Crippen molar-refractivity contribution in [2.75, 3.05) is 7.11 Å². The summed E-state index contributed by atoms with van der Waals surface area (Å²) in [6.45, 7) is 0. The minimum Gasteiger partial charge on any atom is -0.468 e. The van der Waals surface area contributed by atoms with Gasteiger partial charge in [0.05, 0.1) is 12.1 Å². The second-order valence-electron chi connectivity index (χ2n) is 2.64. The van der Waals surface area contributed by atoms with Crippen LogP contribution in [0, 0.1) is 0 Å². The van der Waals surface area contributed by atoms with Crippen LogP contribution >= 0.6 is 15.9 Å². The first-order valence-corrected chi connectivity index (χ1v) is 4.63. The van der Waals surface area contributed by atoms with Crippen LogP contribution in [0.25, 0.3) is 0 Å². The van der Waals surface area contributed by atoms with E-state index in [9.17, 15) is 4.79 Å². The smallest absolute Gasteiger partial charge is 0.322 e. The van der Waals surface area contributed by atoms with Gasteiger partial charge in [-0.2, -0.15) is 0 Å². The number of ether oxygens (including phenoxy) is 1. The van der Waals surface area contributed by atoms with Gasteiger partial charge in [0.2, 0.25) is 0 Å². The first-order valence-electron chi connectivity index (χ1n) is 3.72. The molecule has 1 N–H and O–H groups in total. The van der Waals surface area contributed by atoms with Crippen LogP contribution in [0.15, 0.2) is 0 Å². The normalized spacial score (nSPS) is 31.5. The Bertz CT molecular complexity index is 151. The molecule has 0 aromatic rings. The number of carbonyl (C=O) groups excluding carboxylic acids is 1. The number of piperidine rings is 1. The average Bonchev–Trinajstić information content (AvgIpc) is 2.03. The second-order valence-corrected chi connectivity index (χ2v) is 3.75. The number of nitrogens with one attached hydrogen (secondary N) is 1. The molecular formula is C7H12BrNO2. The molecule has 3 nitrogen and oxygen atoms in total. The van der Waals surface area contributed by atoms with E-state index in [2.05, 4.69) is 26.0 Å². The standard InChI is InChI=1S/C7H12BrNO2/c1-11-7(10)5-3-2-4-6(8)9-5/h5-6,9H,2-4H2,1H3. The summed E-state index contributed by atoms with van der Waals surface area (Å²) in [6, 6.07) is -0.113. The predicted molar refractivity (Wildman–Crippen MR) is 45.5 cm³/mol. The maximum atomic E-state index is 11.0. The molecule has 1 aliphatic heterocycles. The monoisotopic (exact) mass is 221 g/mol. The molecule has 0 aromatic carbocycles. The van der Waals surface area contributed by atoms with Gasteiger partial charge >= 0.3 is 5.97 Å². The van der Waals surface area contributed by atoms with E-state index >= 15 is 0 Å². The number of halogens is 1. The first-order chi connectivity index (χ1) is 5.24. The Labute approximate surface area is 74.6 Å². The third-order valence-electron chi connectivity index (χ3n) is 1.82. The Kier molecular flexibility index (Phi) is 3.33. The highest BCUT2D eigenvalue weighted by Crippen LogP contribution is 2.16. The molecule has 0 saturated carbocycles. The van der Waals surface area contributed by atoms with Gasteiger partial charge in [0.15, 0.2) is 0 Å². The summed E-state index contributed by atoms with van der Waals surface area (Å²) in [5, 5.41) is 3.11. The summed E-state index contributed by atoms with van der Waals surface area (Å²) in [5.74, 6) is -0.158. The Balaban J connectivity index is 2.39. The van der Waals surface area contributed by atoms with E-state index in [0.717, 1.165) is 19.3 Å². The molecule has 0 spiro atoms. The minimum absolute atomic E-state index is 0.113. The lowest BCUT2D eigenvalue weighted by Crippen LogP contribution is -2.44. The maximum Gasteiger partial charge on any atom is 0.322 e. The predicted octanol–water partition coefficient (Wildman–Crippen LogP) is 1.02. The van der Waals surface area contributed by atoms with Gasteiger partial charge in [-0.05, 0) is 19.3 Å². The van der Waals surface area contributed by atoms with Gasteiger partial charge in [0, 0.05) is 0 Å². The molecule has 2 unspecified atom stereocenters. The van der Waals surface area contributed by atoms with Crippen LogP contribution in [-0.2, 0) is 9.53 Å². The maximum absolute atomic E-state index is 11.0. The molecule has 1 fully saturated rings. The Morgan fingerprint density at radius 1 is 1.64 bits per heavy atom. The molecule has 0 aromatic heterocycles. The van der Waals surface area contributed by atoms with Gasteiger partial charge in [-0.15, -0.1) is 0 Å². The number of methoxy groups -OCH3 is 1. The quantitative estimate of drug-likeness (QED) is 0.409. The highest BCUT2D eigenvalue weighted by atomic mass is 79.9. The Morgan fingerprint density at radius 3 is 2.91 bits per heavy atom. The van der Waals surface area contributed by atoms with Crippen LogP contribution in [0.2, 0.25) is 0 Å². The molecule has 64 valence electrons. The van der Waals surface area contributed by atoms with Crippen molar-refractivity contribution >= 4 is 21.9 Å². The van der Waals surface area contributed by atoms with E-state index in [4.69, 9.17) is 0 Å². The first kappa shape index (κ1) is 9.00. The van der Waals surface area contributed by atoms with Gasteiger partial charge in [-0.25, -0.2) is 0 Å². The van der Waals surface area contributed by atoms with Crippen molar-refractivity contribution in [2.24, 2.45) is 0 Å². The molecule has 0 amide bonds. The van der Waals surface area contributed by atoms with E-state index < -0.39 is 0 Å². The van der Waals surface area contributed by atoms with Gasteiger partial charge in [0.25, 0.3) is 0 Å². The minimum atomic E-state index is -0.158. The van der Waals surface area contributed by atoms with Crippen LogP contribution in [0.5, 0.6) is 0 Å². The van der Waals surface area contributed by atoms with Gasteiger partial charge in [0.1, 0.15) is 6.04 Å². The molecule has 11 heavy (non-hydrogen) atoms. The summed E-state index contributed by atoms with van der Waals surface area (Å²) < 4.78 is 4.62. The highest BCUT2D eigenvalue weighted by molar-refractivity contribution is 9.09. The van der Waals surface area contributed by atoms with Crippen molar-refractivity contribution in [1.82, 2.24) is 5.32 Å². The third-order valence-corrected chi connectivity index (χ3v) is 2.54. The van der Waals surface area contributed by atoms with E-state index in [0.29, 0.717) is 0 Å². The number of rotatable bonds is 1. The molecule has 2 atom stereocenters. The molecule has 0 bridgehead atoms. The van der Waals surface area contributed by atoms with E-state index in [1.54, 1.807) is 0 Å². The molecule has 4 heteroatoms. The summed E-state index contributed by atoms with van der Waals surface area (Å²) in [5.41, 5.74) is 0.